The molecule has 1 aromatic rings. The summed E-state index contributed by atoms with van der Waals surface area (Å²) < 4.78 is 1.96. The molecular formula is C13H22ClN3. The number of aromatic nitrogens is 2. The molecule has 0 radical (unpaired) electrons. The normalized spacial score (nSPS) is 25.8. The average molecular weight is 256 g/mol. The maximum Gasteiger partial charge on any atom is 0.0534 e. The van der Waals surface area contributed by atoms with Crippen molar-refractivity contribution in [3.8, 4) is 0 Å². The van der Waals surface area contributed by atoms with E-state index in [4.69, 9.17) is 11.6 Å². The fourth-order valence-corrected chi connectivity index (χ4v) is 2.78. The Morgan fingerprint density at radius 3 is 3.00 bits per heavy atom. The second-order valence-electron chi connectivity index (χ2n) is 4.85. The zero-order valence-corrected chi connectivity index (χ0v) is 11.3. The van der Waals surface area contributed by atoms with Gasteiger partial charge in [-0.2, -0.15) is 5.10 Å². The van der Waals surface area contributed by atoms with Gasteiger partial charge in [-0.25, -0.2) is 0 Å². The van der Waals surface area contributed by atoms with Crippen molar-refractivity contribution in [2.75, 3.05) is 0 Å². The first kappa shape index (κ1) is 12.9. The van der Waals surface area contributed by atoms with Crippen molar-refractivity contribution >= 4 is 11.6 Å². The number of aryl methyl sites for hydroxylation is 1. The fraction of sp³-hybridized carbons (Fsp3) is 0.769. The van der Waals surface area contributed by atoms with E-state index in [1.807, 2.05) is 10.9 Å². The van der Waals surface area contributed by atoms with Crippen LogP contribution in [0.1, 0.15) is 44.6 Å². The molecule has 0 spiro atoms. The summed E-state index contributed by atoms with van der Waals surface area (Å²) in [5.74, 6) is 0. The minimum absolute atomic E-state index is 0.290. The molecule has 1 fully saturated rings. The molecule has 1 N–H and O–H groups in total. The second kappa shape index (κ2) is 6.41. The SMILES string of the molecule is CCn1cc(CNC2CCCCCC2Cl)cn1. The van der Waals surface area contributed by atoms with Gasteiger partial charge in [-0.1, -0.05) is 19.3 Å². The van der Waals surface area contributed by atoms with Gasteiger partial charge < -0.3 is 5.32 Å². The van der Waals surface area contributed by atoms with Crippen molar-refractivity contribution < 1.29 is 0 Å². The molecule has 2 unspecified atom stereocenters. The Morgan fingerprint density at radius 1 is 1.41 bits per heavy atom. The van der Waals surface area contributed by atoms with Crippen molar-refractivity contribution in [2.45, 2.75) is 63.5 Å². The lowest BCUT2D eigenvalue weighted by molar-refractivity contribution is 0.464. The number of nitrogens with zero attached hydrogens (tertiary/aromatic N) is 2. The predicted molar refractivity (Wildman–Crippen MR) is 71.3 cm³/mol. The molecule has 96 valence electrons. The standard InChI is InChI=1S/C13H22ClN3/c1-2-17-10-11(9-16-17)8-15-13-7-5-3-4-6-12(13)14/h9-10,12-13,15H,2-8H2,1H3. The molecule has 0 aliphatic heterocycles. The molecule has 2 rings (SSSR count). The summed E-state index contributed by atoms with van der Waals surface area (Å²) in [7, 11) is 0. The van der Waals surface area contributed by atoms with E-state index in [0.29, 0.717) is 11.4 Å². The lowest BCUT2D eigenvalue weighted by atomic mass is 10.1. The van der Waals surface area contributed by atoms with Gasteiger partial charge in [0.15, 0.2) is 0 Å². The van der Waals surface area contributed by atoms with Gasteiger partial charge in [0.1, 0.15) is 0 Å². The number of alkyl halides is 1. The molecule has 17 heavy (non-hydrogen) atoms. The van der Waals surface area contributed by atoms with E-state index in [9.17, 15) is 0 Å². The van der Waals surface area contributed by atoms with Crippen LogP contribution in [0.3, 0.4) is 0 Å². The van der Waals surface area contributed by atoms with Crippen LogP contribution in [0.2, 0.25) is 0 Å². The molecule has 0 amide bonds. The van der Waals surface area contributed by atoms with E-state index in [2.05, 4.69) is 23.5 Å². The summed E-state index contributed by atoms with van der Waals surface area (Å²) in [6.07, 6.45) is 10.3. The molecule has 1 saturated carbocycles. The van der Waals surface area contributed by atoms with Crippen LogP contribution in [0.4, 0.5) is 0 Å². The third kappa shape index (κ3) is 3.71. The maximum atomic E-state index is 6.40. The van der Waals surface area contributed by atoms with Gasteiger partial charge in [-0.05, 0) is 19.8 Å². The largest absolute Gasteiger partial charge is 0.308 e. The van der Waals surface area contributed by atoms with Crippen molar-refractivity contribution in [3.05, 3.63) is 18.0 Å². The van der Waals surface area contributed by atoms with Gasteiger partial charge in [0.05, 0.1) is 6.20 Å². The summed E-state index contributed by atoms with van der Waals surface area (Å²) in [5, 5.41) is 8.15. The van der Waals surface area contributed by atoms with Crippen molar-refractivity contribution in [1.29, 1.82) is 0 Å². The second-order valence-corrected chi connectivity index (χ2v) is 5.41. The first-order chi connectivity index (χ1) is 8.29. The molecule has 1 aliphatic carbocycles. The number of halogens is 1. The van der Waals surface area contributed by atoms with Crippen LogP contribution < -0.4 is 5.32 Å². The van der Waals surface area contributed by atoms with E-state index in [-0.39, 0.29) is 0 Å². The number of hydrogen-bond acceptors (Lipinski definition) is 2. The van der Waals surface area contributed by atoms with E-state index in [0.717, 1.165) is 19.5 Å². The van der Waals surface area contributed by atoms with Crippen LogP contribution in [-0.4, -0.2) is 21.2 Å². The highest BCUT2D eigenvalue weighted by Gasteiger charge is 2.20. The van der Waals surface area contributed by atoms with E-state index < -0.39 is 0 Å². The van der Waals surface area contributed by atoms with Crippen LogP contribution in [0.25, 0.3) is 0 Å². The monoisotopic (exact) mass is 255 g/mol. The van der Waals surface area contributed by atoms with Crippen LogP contribution in [-0.2, 0) is 13.1 Å². The minimum atomic E-state index is 0.290. The number of hydrogen-bond donors (Lipinski definition) is 1. The zero-order chi connectivity index (χ0) is 12.1. The molecule has 1 aromatic heterocycles. The van der Waals surface area contributed by atoms with Crippen LogP contribution in [0.15, 0.2) is 12.4 Å². The van der Waals surface area contributed by atoms with Crippen molar-refractivity contribution in [2.24, 2.45) is 0 Å². The summed E-state index contributed by atoms with van der Waals surface area (Å²) in [5.41, 5.74) is 1.25. The minimum Gasteiger partial charge on any atom is -0.308 e. The van der Waals surface area contributed by atoms with E-state index >= 15 is 0 Å². The summed E-state index contributed by atoms with van der Waals surface area (Å²) in [6, 6.07) is 0.462. The Morgan fingerprint density at radius 2 is 2.24 bits per heavy atom. The van der Waals surface area contributed by atoms with Gasteiger partial charge >= 0.3 is 0 Å². The predicted octanol–water partition coefficient (Wildman–Crippen LogP) is 2.93. The number of rotatable bonds is 4. The van der Waals surface area contributed by atoms with Gasteiger partial charge in [0.2, 0.25) is 0 Å². The summed E-state index contributed by atoms with van der Waals surface area (Å²) >= 11 is 6.40. The summed E-state index contributed by atoms with van der Waals surface area (Å²) in [6.45, 7) is 3.92. The Labute approximate surface area is 109 Å². The third-order valence-electron chi connectivity index (χ3n) is 3.51. The van der Waals surface area contributed by atoms with E-state index in [1.165, 1.54) is 31.2 Å². The van der Waals surface area contributed by atoms with Gasteiger partial charge in [0, 0.05) is 36.3 Å². The fourth-order valence-electron chi connectivity index (χ4n) is 2.41. The van der Waals surface area contributed by atoms with Crippen molar-refractivity contribution in [1.82, 2.24) is 15.1 Å². The Balaban J connectivity index is 1.83. The average Bonchev–Trinajstić information content (AvgIpc) is 2.70. The summed E-state index contributed by atoms with van der Waals surface area (Å²) in [4.78, 5) is 0. The first-order valence-electron chi connectivity index (χ1n) is 6.68. The maximum absolute atomic E-state index is 6.40. The van der Waals surface area contributed by atoms with Crippen LogP contribution in [0.5, 0.6) is 0 Å². The smallest absolute Gasteiger partial charge is 0.0534 e. The molecule has 1 aliphatic rings. The third-order valence-corrected chi connectivity index (χ3v) is 4.03. The zero-order valence-electron chi connectivity index (χ0n) is 10.5. The van der Waals surface area contributed by atoms with Gasteiger partial charge in [-0.3, -0.25) is 4.68 Å². The molecule has 0 saturated heterocycles. The Bertz CT molecular complexity index is 337. The Hall–Kier alpha value is -0.540. The highest BCUT2D eigenvalue weighted by Crippen LogP contribution is 2.22. The molecule has 3 nitrogen and oxygen atoms in total. The molecular weight excluding hydrogens is 234 g/mol. The highest BCUT2D eigenvalue weighted by molar-refractivity contribution is 6.21. The first-order valence-corrected chi connectivity index (χ1v) is 7.12. The van der Waals surface area contributed by atoms with Crippen LogP contribution >= 0.6 is 11.6 Å². The lowest BCUT2D eigenvalue weighted by Gasteiger charge is -2.20. The van der Waals surface area contributed by atoms with Crippen molar-refractivity contribution in [3.63, 3.8) is 0 Å². The number of nitrogens with one attached hydrogen (secondary N) is 1. The van der Waals surface area contributed by atoms with Gasteiger partial charge in [-0.15, -0.1) is 11.6 Å². The quantitative estimate of drug-likeness (QED) is 0.662. The highest BCUT2D eigenvalue weighted by atomic mass is 35.5. The molecule has 1 heterocycles. The Kier molecular flexibility index (Phi) is 4.86. The molecule has 0 bridgehead atoms. The topological polar surface area (TPSA) is 29.9 Å². The van der Waals surface area contributed by atoms with E-state index in [1.54, 1.807) is 0 Å². The lowest BCUT2D eigenvalue weighted by Crippen LogP contribution is -2.35. The molecule has 2 atom stereocenters. The van der Waals surface area contributed by atoms with Gasteiger partial charge in [0.25, 0.3) is 0 Å². The van der Waals surface area contributed by atoms with Crippen LogP contribution in [0, 0.1) is 0 Å². The molecule has 0 aromatic carbocycles. The molecule has 4 heteroatoms.